The molecular weight excluding hydrogens is 192 g/mol. The lowest BCUT2D eigenvalue weighted by molar-refractivity contribution is 0.918. The van der Waals surface area contributed by atoms with Gasteiger partial charge in [0.15, 0.2) is 5.82 Å². The molecule has 13 heavy (non-hydrogen) atoms. The quantitative estimate of drug-likeness (QED) is 0.702. The number of H-pyrrole nitrogens is 2. The third kappa shape index (κ3) is 1.52. The highest BCUT2D eigenvalue weighted by Crippen LogP contribution is 2.16. The molecule has 7 heteroatoms. The summed E-state index contributed by atoms with van der Waals surface area (Å²) >= 11 is 5.80. The molecule has 0 spiro atoms. The van der Waals surface area contributed by atoms with Crippen LogP contribution in [0.4, 0.5) is 0 Å². The van der Waals surface area contributed by atoms with Crippen LogP contribution in [0.3, 0.4) is 0 Å². The smallest absolute Gasteiger partial charge is 0.218 e. The third-order valence-corrected chi connectivity index (χ3v) is 1.71. The van der Waals surface area contributed by atoms with E-state index in [-0.39, 0.29) is 5.38 Å². The van der Waals surface area contributed by atoms with Gasteiger partial charge in [0.25, 0.3) is 0 Å². The molecule has 0 aromatic carbocycles. The first-order valence-corrected chi connectivity index (χ1v) is 4.13. The Morgan fingerprint density at radius 2 is 2.31 bits per heavy atom. The summed E-state index contributed by atoms with van der Waals surface area (Å²) < 4.78 is 0. The fourth-order valence-corrected chi connectivity index (χ4v) is 0.969. The lowest BCUT2D eigenvalue weighted by Crippen LogP contribution is -1.87. The molecule has 1 atom stereocenters. The van der Waals surface area contributed by atoms with Crippen LogP contribution in [-0.4, -0.2) is 30.4 Å². The maximum Gasteiger partial charge on any atom is 0.218 e. The summed E-state index contributed by atoms with van der Waals surface area (Å²) in [7, 11) is 0. The topological polar surface area (TPSA) is 83.1 Å². The number of hydrogen-bond donors (Lipinski definition) is 2. The summed E-state index contributed by atoms with van der Waals surface area (Å²) in [5, 5.41) is 12.8. The van der Waals surface area contributed by atoms with Crippen molar-refractivity contribution in [2.24, 2.45) is 0 Å². The maximum absolute atomic E-state index is 5.80. The molecule has 2 aromatic rings. The highest BCUT2D eigenvalue weighted by molar-refractivity contribution is 6.20. The number of alkyl halides is 1. The number of nitrogens with zero attached hydrogens (tertiary/aromatic N) is 4. The SMILES string of the molecule is CC(Cl)c1nc(-c2ncn[nH]2)n[nH]1. The zero-order valence-electron chi connectivity index (χ0n) is 6.82. The van der Waals surface area contributed by atoms with Crippen LogP contribution in [0.2, 0.25) is 0 Å². The van der Waals surface area contributed by atoms with Gasteiger partial charge in [-0.1, -0.05) is 0 Å². The molecule has 0 radical (unpaired) electrons. The van der Waals surface area contributed by atoms with Crippen LogP contribution in [0.15, 0.2) is 6.33 Å². The van der Waals surface area contributed by atoms with Gasteiger partial charge in [0.1, 0.15) is 12.2 Å². The van der Waals surface area contributed by atoms with E-state index in [1.54, 1.807) is 0 Å². The minimum absolute atomic E-state index is 0.191. The van der Waals surface area contributed by atoms with E-state index in [1.165, 1.54) is 6.33 Å². The van der Waals surface area contributed by atoms with Crippen molar-refractivity contribution in [1.82, 2.24) is 30.4 Å². The fourth-order valence-electron chi connectivity index (χ4n) is 0.871. The molecule has 0 amide bonds. The standard InChI is InChI=1S/C6H7ClN6/c1-3(7)4-10-6(13-12-4)5-8-2-9-11-5/h2-3H,1H3,(H,8,9,11)(H,10,12,13). The van der Waals surface area contributed by atoms with E-state index < -0.39 is 0 Å². The number of hydrogen-bond acceptors (Lipinski definition) is 4. The third-order valence-electron chi connectivity index (χ3n) is 1.51. The Hall–Kier alpha value is -1.43. The minimum atomic E-state index is -0.191. The monoisotopic (exact) mass is 198 g/mol. The molecule has 0 aliphatic heterocycles. The van der Waals surface area contributed by atoms with E-state index in [0.717, 1.165) is 0 Å². The Morgan fingerprint density at radius 3 is 2.85 bits per heavy atom. The number of halogens is 1. The molecule has 2 N–H and O–H groups in total. The lowest BCUT2D eigenvalue weighted by Gasteiger charge is -1.91. The van der Waals surface area contributed by atoms with Crippen LogP contribution in [0.25, 0.3) is 11.6 Å². The predicted octanol–water partition coefficient (Wildman–Crippen LogP) is 0.890. The van der Waals surface area contributed by atoms with Crippen molar-refractivity contribution in [1.29, 1.82) is 0 Å². The second-order valence-electron chi connectivity index (χ2n) is 2.49. The van der Waals surface area contributed by atoms with Gasteiger partial charge in [-0.25, -0.2) is 9.97 Å². The van der Waals surface area contributed by atoms with Gasteiger partial charge in [0, 0.05) is 0 Å². The summed E-state index contributed by atoms with van der Waals surface area (Å²) in [5.74, 6) is 1.62. The van der Waals surface area contributed by atoms with Gasteiger partial charge in [-0.3, -0.25) is 10.2 Å². The molecule has 0 aliphatic carbocycles. The van der Waals surface area contributed by atoms with Gasteiger partial charge in [-0.05, 0) is 6.92 Å². The lowest BCUT2D eigenvalue weighted by atomic mass is 10.4. The molecule has 0 saturated heterocycles. The Kier molecular flexibility index (Phi) is 1.97. The Balaban J connectivity index is 2.33. The van der Waals surface area contributed by atoms with Crippen LogP contribution in [-0.2, 0) is 0 Å². The van der Waals surface area contributed by atoms with Gasteiger partial charge in [0.05, 0.1) is 5.38 Å². The van der Waals surface area contributed by atoms with E-state index in [9.17, 15) is 0 Å². The summed E-state index contributed by atoms with van der Waals surface area (Å²) in [5.41, 5.74) is 0. The fraction of sp³-hybridized carbons (Fsp3) is 0.333. The number of rotatable bonds is 2. The van der Waals surface area contributed by atoms with E-state index >= 15 is 0 Å². The molecule has 1 unspecified atom stereocenters. The second-order valence-corrected chi connectivity index (χ2v) is 3.15. The normalized spacial score (nSPS) is 13.1. The average molecular weight is 199 g/mol. The number of aromatic amines is 2. The first-order valence-electron chi connectivity index (χ1n) is 3.69. The van der Waals surface area contributed by atoms with E-state index in [4.69, 9.17) is 11.6 Å². The van der Waals surface area contributed by atoms with E-state index in [1.807, 2.05) is 6.92 Å². The summed E-state index contributed by atoms with van der Waals surface area (Å²) in [6.45, 7) is 1.81. The summed E-state index contributed by atoms with van der Waals surface area (Å²) in [6.07, 6.45) is 1.40. The van der Waals surface area contributed by atoms with Crippen molar-refractivity contribution >= 4 is 11.6 Å². The second kappa shape index (κ2) is 3.14. The molecule has 0 aliphatic rings. The highest BCUT2D eigenvalue weighted by Gasteiger charge is 2.10. The predicted molar refractivity (Wildman–Crippen MR) is 46.0 cm³/mol. The number of nitrogens with one attached hydrogen (secondary N) is 2. The van der Waals surface area contributed by atoms with E-state index in [2.05, 4.69) is 30.4 Å². The zero-order chi connectivity index (χ0) is 9.26. The van der Waals surface area contributed by atoms with Crippen molar-refractivity contribution in [2.75, 3.05) is 0 Å². The van der Waals surface area contributed by atoms with Gasteiger partial charge in [-0.15, -0.1) is 16.7 Å². The average Bonchev–Trinajstić information content (AvgIpc) is 2.75. The maximum atomic E-state index is 5.80. The molecule has 68 valence electrons. The summed E-state index contributed by atoms with van der Waals surface area (Å²) in [4.78, 5) is 8.02. The van der Waals surface area contributed by atoms with Crippen LogP contribution < -0.4 is 0 Å². The molecule has 0 saturated carbocycles. The zero-order valence-corrected chi connectivity index (χ0v) is 7.58. The summed E-state index contributed by atoms with van der Waals surface area (Å²) in [6, 6.07) is 0. The van der Waals surface area contributed by atoms with E-state index in [0.29, 0.717) is 17.5 Å². The Bertz CT molecular complexity index is 377. The first-order chi connectivity index (χ1) is 6.27. The van der Waals surface area contributed by atoms with Crippen molar-refractivity contribution in [3.8, 4) is 11.6 Å². The van der Waals surface area contributed by atoms with Crippen molar-refractivity contribution in [3.05, 3.63) is 12.2 Å². The van der Waals surface area contributed by atoms with Gasteiger partial charge < -0.3 is 0 Å². The molecule has 6 nitrogen and oxygen atoms in total. The molecule has 2 heterocycles. The first kappa shape index (κ1) is 8.18. The molecule has 2 aromatic heterocycles. The molecule has 0 bridgehead atoms. The van der Waals surface area contributed by atoms with Crippen LogP contribution >= 0.6 is 11.6 Å². The van der Waals surface area contributed by atoms with Crippen LogP contribution in [0.5, 0.6) is 0 Å². The van der Waals surface area contributed by atoms with Gasteiger partial charge in [0.2, 0.25) is 5.82 Å². The van der Waals surface area contributed by atoms with Gasteiger partial charge >= 0.3 is 0 Å². The Morgan fingerprint density at radius 1 is 1.46 bits per heavy atom. The molecule has 2 rings (SSSR count). The molecule has 0 fully saturated rings. The molecular formula is C6H7ClN6. The highest BCUT2D eigenvalue weighted by atomic mass is 35.5. The largest absolute Gasteiger partial charge is 0.261 e. The van der Waals surface area contributed by atoms with Crippen LogP contribution in [0.1, 0.15) is 18.1 Å². The Labute approximate surface area is 78.8 Å². The van der Waals surface area contributed by atoms with Crippen molar-refractivity contribution < 1.29 is 0 Å². The number of aromatic nitrogens is 6. The minimum Gasteiger partial charge on any atom is -0.261 e. The van der Waals surface area contributed by atoms with Crippen LogP contribution in [0, 0.1) is 0 Å². The van der Waals surface area contributed by atoms with Crippen molar-refractivity contribution in [3.63, 3.8) is 0 Å². The van der Waals surface area contributed by atoms with Crippen molar-refractivity contribution in [2.45, 2.75) is 12.3 Å². The van der Waals surface area contributed by atoms with Gasteiger partial charge in [-0.2, -0.15) is 5.10 Å².